The molecular formula is C15H14N4O4S3. The van der Waals surface area contributed by atoms with E-state index in [4.69, 9.17) is 9.15 Å². The van der Waals surface area contributed by atoms with Crippen LogP contribution >= 0.6 is 34.4 Å². The summed E-state index contributed by atoms with van der Waals surface area (Å²) < 4.78 is 10.7. The van der Waals surface area contributed by atoms with Crippen LogP contribution in [0.3, 0.4) is 0 Å². The highest BCUT2D eigenvalue weighted by molar-refractivity contribution is 8.01. The second-order valence-electron chi connectivity index (χ2n) is 4.81. The first kappa shape index (κ1) is 18.5. The van der Waals surface area contributed by atoms with Crippen molar-refractivity contribution in [2.75, 3.05) is 17.7 Å². The van der Waals surface area contributed by atoms with Gasteiger partial charge in [-0.15, -0.1) is 21.5 Å². The molecule has 0 saturated carbocycles. The fourth-order valence-electron chi connectivity index (χ4n) is 1.87. The van der Waals surface area contributed by atoms with E-state index in [0.717, 1.165) is 5.01 Å². The average Bonchev–Trinajstić information content (AvgIpc) is 3.34. The van der Waals surface area contributed by atoms with Gasteiger partial charge < -0.3 is 14.5 Å². The Morgan fingerprint density at radius 1 is 1.38 bits per heavy atom. The molecule has 3 aromatic heterocycles. The second kappa shape index (κ2) is 8.92. The Morgan fingerprint density at radius 2 is 2.27 bits per heavy atom. The number of carbonyl (C=O) groups excluding carboxylic acids is 2. The van der Waals surface area contributed by atoms with Crippen LogP contribution in [-0.2, 0) is 20.7 Å². The number of hydrogen-bond donors (Lipinski definition) is 1. The van der Waals surface area contributed by atoms with Crippen molar-refractivity contribution in [1.29, 1.82) is 0 Å². The molecule has 0 aliphatic rings. The molecule has 0 unspecified atom stereocenters. The van der Waals surface area contributed by atoms with Crippen molar-refractivity contribution in [3.05, 3.63) is 29.5 Å². The minimum Gasteiger partial charge on any atom is -0.465 e. The number of aromatic nitrogens is 3. The van der Waals surface area contributed by atoms with Gasteiger partial charge in [-0.25, -0.2) is 4.98 Å². The van der Waals surface area contributed by atoms with Crippen molar-refractivity contribution < 1.29 is 18.7 Å². The summed E-state index contributed by atoms with van der Waals surface area (Å²) in [6.07, 6.45) is 1.71. The first-order chi connectivity index (χ1) is 12.6. The predicted molar refractivity (Wildman–Crippen MR) is 99.4 cm³/mol. The number of ether oxygens (including phenoxy) is 1. The Hall–Kier alpha value is -2.24. The van der Waals surface area contributed by atoms with Crippen LogP contribution in [0.4, 0.5) is 5.13 Å². The number of nitrogens with zero attached hydrogens (tertiary/aromatic N) is 3. The molecule has 26 heavy (non-hydrogen) atoms. The number of rotatable bonds is 8. The SMILES string of the molecule is CCOC(=O)CSc1nnc(NC(=O)Cc2csc(-c3ccco3)n2)s1. The van der Waals surface area contributed by atoms with Crippen LogP contribution in [0.25, 0.3) is 10.8 Å². The molecule has 11 heteroatoms. The third kappa shape index (κ3) is 5.13. The van der Waals surface area contributed by atoms with Gasteiger partial charge in [-0.3, -0.25) is 9.59 Å². The second-order valence-corrected chi connectivity index (χ2v) is 7.87. The van der Waals surface area contributed by atoms with Crippen molar-refractivity contribution in [3.63, 3.8) is 0 Å². The minimum absolute atomic E-state index is 0.127. The Morgan fingerprint density at radius 3 is 3.04 bits per heavy atom. The fraction of sp³-hybridized carbons (Fsp3) is 0.267. The van der Waals surface area contributed by atoms with E-state index in [1.807, 2.05) is 11.4 Å². The third-order valence-electron chi connectivity index (χ3n) is 2.90. The lowest BCUT2D eigenvalue weighted by atomic mass is 10.3. The molecule has 0 bridgehead atoms. The minimum atomic E-state index is -0.311. The summed E-state index contributed by atoms with van der Waals surface area (Å²) in [5, 5.41) is 13.4. The largest absolute Gasteiger partial charge is 0.465 e. The number of carbonyl (C=O) groups is 2. The highest BCUT2D eigenvalue weighted by atomic mass is 32.2. The van der Waals surface area contributed by atoms with Gasteiger partial charge in [0.15, 0.2) is 15.1 Å². The molecule has 8 nitrogen and oxygen atoms in total. The van der Waals surface area contributed by atoms with Crippen LogP contribution in [-0.4, -0.2) is 39.4 Å². The maximum atomic E-state index is 12.1. The average molecular weight is 411 g/mol. The molecule has 0 saturated heterocycles. The Balaban J connectivity index is 1.50. The number of anilines is 1. The number of furan rings is 1. The topological polar surface area (TPSA) is 107 Å². The maximum absolute atomic E-state index is 12.1. The molecule has 0 atom stereocenters. The molecule has 3 rings (SSSR count). The number of amides is 1. The molecule has 0 spiro atoms. The molecule has 0 aliphatic heterocycles. The lowest BCUT2D eigenvalue weighted by Crippen LogP contribution is -2.14. The van der Waals surface area contributed by atoms with E-state index in [-0.39, 0.29) is 24.1 Å². The van der Waals surface area contributed by atoms with E-state index in [0.29, 0.717) is 27.5 Å². The smallest absolute Gasteiger partial charge is 0.316 e. The Kier molecular flexibility index (Phi) is 6.36. The van der Waals surface area contributed by atoms with Crippen molar-refractivity contribution in [3.8, 4) is 10.8 Å². The van der Waals surface area contributed by atoms with E-state index in [1.165, 1.54) is 34.4 Å². The van der Waals surface area contributed by atoms with Gasteiger partial charge in [0.25, 0.3) is 0 Å². The van der Waals surface area contributed by atoms with Gasteiger partial charge in [-0.1, -0.05) is 23.1 Å². The van der Waals surface area contributed by atoms with Crippen molar-refractivity contribution in [2.24, 2.45) is 0 Å². The lowest BCUT2D eigenvalue weighted by molar-refractivity contribution is -0.139. The number of thioether (sulfide) groups is 1. The molecule has 0 aromatic carbocycles. The Labute approximate surface area is 161 Å². The van der Waals surface area contributed by atoms with E-state index < -0.39 is 0 Å². The van der Waals surface area contributed by atoms with Crippen LogP contribution in [0.2, 0.25) is 0 Å². The summed E-state index contributed by atoms with van der Waals surface area (Å²) in [7, 11) is 0. The van der Waals surface area contributed by atoms with Gasteiger partial charge >= 0.3 is 5.97 Å². The third-order valence-corrected chi connectivity index (χ3v) is 5.75. The monoisotopic (exact) mass is 410 g/mol. The molecule has 3 heterocycles. The van der Waals surface area contributed by atoms with Gasteiger partial charge in [-0.2, -0.15) is 0 Å². The van der Waals surface area contributed by atoms with Crippen LogP contribution in [0.1, 0.15) is 12.6 Å². The lowest BCUT2D eigenvalue weighted by Gasteiger charge is -1.99. The molecule has 136 valence electrons. The van der Waals surface area contributed by atoms with Crippen molar-refractivity contribution in [1.82, 2.24) is 15.2 Å². The summed E-state index contributed by atoms with van der Waals surface area (Å²) in [5.41, 5.74) is 0.653. The zero-order chi connectivity index (χ0) is 18.4. The fourth-order valence-corrected chi connectivity index (χ4v) is 4.22. The van der Waals surface area contributed by atoms with E-state index in [9.17, 15) is 9.59 Å². The molecule has 0 aliphatic carbocycles. The molecule has 3 aromatic rings. The summed E-state index contributed by atoms with van der Waals surface area (Å²) >= 11 is 3.84. The normalized spacial score (nSPS) is 10.7. The number of hydrogen-bond acceptors (Lipinski definition) is 10. The number of nitrogens with one attached hydrogen (secondary N) is 1. The number of thiazole rings is 1. The summed E-state index contributed by atoms with van der Waals surface area (Å²) in [5.74, 6) is 0.285. The van der Waals surface area contributed by atoms with Gasteiger partial charge in [0.05, 0.1) is 30.7 Å². The van der Waals surface area contributed by atoms with Gasteiger partial charge in [-0.05, 0) is 19.1 Å². The zero-order valence-corrected chi connectivity index (χ0v) is 16.1. The predicted octanol–water partition coefficient (Wildman–Crippen LogP) is 3.09. The van der Waals surface area contributed by atoms with E-state index in [2.05, 4.69) is 20.5 Å². The van der Waals surface area contributed by atoms with Gasteiger partial charge in [0, 0.05) is 5.38 Å². The molecule has 0 radical (unpaired) electrons. The summed E-state index contributed by atoms with van der Waals surface area (Å²) in [6.45, 7) is 2.09. The van der Waals surface area contributed by atoms with Crippen LogP contribution < -0.4 is 5.32 Å². The summed E-state index contributed by atoms with van der Waals surface area (Å²) in [6, 6.07) is 3.61. The Bertz CT molecular complexity index is 875. The van der Waals surface area contributed by atoms with Crippen LogP contribution in [0.5, 0.6) is 0 Å². The molecule has 0 fully saturated rings. The van der Waals surface area contributed by atoms with Crippen molar-refractivity contribution in [2.45, 2.75) is 17.7 Å². The van der Waals surface area contributed by atoms with Gasteiger partial charge in [0.1, 0.15) is 0 Å². The standard InChI is InChI=1S/C15H14N4O4S3/c1-2-22-12(21)8-25-15-19-18-14(26-15)17-11(20)6-9-7-24-13(16-9)10-4-3-5-23-10/h3-5,7H,2,6,8H2,1H3,(H,17,18,20). The van der Waals surface area contributed by atoms with Gasteiger partial charge in [0.2, 0.25) is 11.0 Å². The summed E-state index contributed by atoms with van der Waals surface area (Å²) in [4.78, 5) is 27.8. The quantitative estimate of drug-likeness (QED) is 0.343. The molecule has 1 amide bonds. The van der Waals surface area contributed by atoms with Crippen LogP contribution in [0.15, 0.2) is 32.5 Å². The van der Waals surface area contributed by atoms with E-state index in [1.54, 1.807) is 19.3 Å². The zero-order valence-electron chi connectivity index (χ0n) is 13.6. The van der Waals surface area contributed by atoms with E-state index >= 15 is 0 Å². The van der Waals surface area contributed by atoms with Crippen LogP contribution in [0, 0.1) is 0 Å². The first-order valence-corrected chi connectivity index (χ1v) is 10.2. The van der Waals surface area contributed by atoms with Crippen molar-refractivity contribution >= 4 is 51.4 Å². The highest BCUT2D eigenvalue weighted by Crippen LogP contribution is 2.26. The molecule has 1 N–H and O–H groups in total. The first-order valence-electron chi connectivity index (χ1n) is 7.54. The number of esters is 1. The highest BCUT2D eigenvalue weighted by Gasteiger charge is 2.13. The maximum Gasteiger partial charge on any atom is 0.316 e. The molecular weight excluding hydrogens is 396 g/mol.